The minimum absolute atomic E-state index is 0.566. The van der Waals surface area contributed by atoms with Crippen molar-refractivity contribution < 1.29 is 9.47 Å². The molecule has 66 valence electrons. The lowest BCUT2D eigenvalue weighted by Gasteiger charge is -2.06. The van der Waals surface area contributed by atoms with Gasteiger partial charge in [-0.05, 0) is 23.8 Å². The largest absolute Gasteiger partial charge is 0.497 e. The highest BCUT2D eigenvalue weighted by Crippen LogP contribution is 2.20. The van der Waals surface area contributed by atoms with Crippen LogP contribution < -0.4 is 4.74 Å². The average Bonchev–Trinajstić information content (AvgIpc) is 2.09. The van der Waals surface area contributed by atoms with E-state index in [-0.39, 0.29) is 0 Å². The smallest absolute Gasteiger partial charge is 0.119 e. The van der Waals surface area contributed by atoms with Crippen LogP contribution in [0.5, 0.6) is 5.75 Å². The zero-order valence-corrected chi connectivity index (χ0v) is 8.10. The monoisotopic (exact) mass is 184 g/mol. The summed E-state index contributed by atoms with van der Waals surface area (Å²) in [4.78, 5) is 0.928. The van der Waals surface area contributed by atoms with E-state index in [0.717, 1.165) is 16.2 Å². The van der Waals surface area contributed by atoms with Crippen molar-refractivity contribution in [1.82, 2.24) is 0 Å². The lowest BCUT2D eigenvalue weighted by atomic mass is 10.2. The van der Waals surface area contributed by atoms with E-state index in [9.17, 15) is 0 Å². The zero-order chi connectivity index (χ0) is 8.97. The third-order valence-electron chi connectivity index (χ3n) is 1.59. The van der Waals surface area contributed by atoms with E-state index < -0.39 is 0 Å². The summed E-state index contributed by atoms with van der Waals surface area (Å²) in [6.45, 7) is 0.566. The molecule has 0 N–H and O–H groups in total. The fourth-order valence-electron chi connectivity index (χ4n) is 0.960. The Morgan fingerprint density at radius 3 is 2.67 bits per heavy atom. The molecule has 0 radical (unpaired) electrons. The third kappa shape index (κ3) is 2.16. The standard InChI is InChI=1S/C9H12O2S/c1-10-6-7-5-8(11-2)3-4-9(7)12/h3-5,12H,6H2,1-2H3. The molecule has 1 aromatic carbocycles. The van der Waals surface area contributed by atoms with E-state index in [1.165, 1.54) is 0 Å². The number of benzene rings is 1. The van der Waals surface area contributed by atoms with Gasteiger partial charge in [-0.2, -0.15) is 0 Å². The predicted octanol–water partition coefficient (Wildman–Crippen LogP) is 2.13. The molecule has 3 heteroatoms. The summed E-state index contributed by atoms with van der Waals surface area (Å²) >= 11 is 4.28. The molecule has 0 amide bonds. The van der Waals surface area contributed by atoms with Crippen molar-refractivity contribution in [3.05, 3.63) is 23.8 Å². The average molecular weight is 184 g/mol. The maximum atomic E-state index is 5.07. The molecule has 0 aliphatic carbocycles. The second kappa shape index (κ2) is 4.38. The van der Waals surface area contributed by atoms with Crippen LogP contribution in [-0.4, -0.2) is 14.2 Å². The number of methoxy groups -OCH3 is 2. The highest BCUT2D eigenvalue weighted by atomic mass is 32.1. The van der Waals surface area contributed by atoms with Crippen molar-refractivity contribution in [3.8, 4) is 5.75 Å². The Hall–Kier alpha value is -0.670. The van der Waals surface area contributed by atoms with Crippen molar-refractivity contribution in [2.24, 2.45) is 0 Å². The maximum Gasteiger partial charge on any atom is 0.119 e. The molecule has 0 heterocycles. The first-order valence-electron chi connectivity index (χ1n) is 3.62. The van der Waals surface area contributed by atoms with Gasteiger partial charge in [0.05, 0.1) is 13.7 Å². The molecular formula is C9H12O2S. The molecule has 0 aliphatic heterocycles. The second-order valence-electron chi connectivity index (χ2n) is 2.43. The van der Waals surface area contributed by atoms with E-state index >= 15 is 0 Å². The fourth-order valence-corrected chi connectivity index (χ4v) is 1.16. The van der Waals surface area contributed by atoms with Crippen LogP contribution in [0.2, 0.25) is 0 Å². The summed E-state index contributed by atoms with van der Waals surface area (Å²) < 4.78 is 10.1. The van der Waals surface area contributed by atoms with Gasteiger partial charge in [0.25, 0.3) is 0 Å². The normalized spacial score (nSPS) is 9.92. The van der Waals surface area contributed by atoms with Crippen LogP contribution in [0.15, 0.2) is 23.1 Å². The van der Waals surface area contributed by atoms with E-state index in [2.05, 4.69) is 12.6 Å². The Morgan fingerprint density at radius 2 is 2.08 bits per heavy atom. The first kappa shape index (κ1) is 9.42. The molecule has 0 aromatic heterocycles. The van der Waals surface area contributed by atoms with Crippen LogP contribution in [0.4, 0.5) is 0 Å². The zero-order valence-electron chi connectivity index (χ0n) is 7.20. The van der Waals surface area contributed by atoms with Crippen molar-refractivity contribution >= 4 is 12.6 Å². The molecular weight excluding hydrogens is 172 g/mol. The molecule has 0 fully saturated rings. The summed E-state index contributed by atoms with van der Waals surface area (Å²) in [6, 6.07) is 5.70. The molecule has 1 aromatic rings. The van der Waals surface area contributed by atoms with Crippen molar-refractivity contribution in [1.29, 1.82) is 0 Å². The topological polar surface area (TPSA) is 18.5 Å². The minimum Gasteiger partial charge on any atom is -0.497 e. The van der Waals surface area contributed by atoms with Crippen LogP contribution in [0.3, 0.4) is 0 Å². The van der Waals surface area contributed by atoms with Gasteiger partial charge in [0.2, 0.25) is 0 Å². The summed E-state index contributed by atoms with van der Waals surface area (Å²) in [6.07, 6.45) is 0. The highest BCUT2D eigenvalue weighted by molar-refractivity contribution is 7.80. The Labute approximate surface area is 77.9 Å². The molecule has 12 heavy (non-hydrogen) atoms. The SMILES string of the molecule is COCc1cc(OC)ccc1S. The van der Waals surface area contributed by atoms with Gasteiger partial charge in [0.15, 0.2) is 0 Å². The van der Waals surface area contributed by atoms with Crippen LogP contribution >= 0.6 is 12.6 Å². The van der Waals surface area contributed by atoms with Crippen LogP contribution in [0.1, 0.15) is 5.56 Å². The van der Waals surface area contributed by atoms with Crippen LogP contribution in [0, 0.1) is 0 Å². The second-order valence-corrected chi connectivity index (χ2v) is 2.91. The molecule has 0 unspecified atom stereocenters. The molecule has 1 rings (SSSR count). The Kier molecular flexibility index (Phi) is 3.44. The summed E-state index contributed by atoms with van der Waals surface area (Å²) in [5, 5.41) is 0. The lowest BCUT2D eigenvalue weighted by molar-refractivity contribution is 0.182. The van der Waals surface area contributed by atoms with Gasteiger partial charge in [-0.3, -0.25) is 0 Å². The molecule has 0 bridgehead atoms. The summed E-state index contributed by atoms with van der Waals surface area (Å²) in [7, 11) is 3.30. The quantitative estimate of drug-likeness (QED) is 0.725. The Bertz CT molecular complexity index is 261. The number of hydrogen-bond donors (Lipinski definition) is 1. The molecule has 0 spiro atoms. The summed E-state index contributed by atoms with van der Waals surface area (Å²) in [5.74, 6) is 0.833. The van der Waals surface area contributed by atoms with E-state index in [0.29, 0.717) is 6.61 Å². The number of thiol groups is 1. The van der Waals surface area contributed by atoms with Gasteiger partial charge >= 0.3 is 0 Å². The molecule has 0 saturated heterocycles. The number of rotatable bonds is 3. The predicted molar refractivity (Wildman–Crippen MR) is 51.0 cm³/mol. The van der Waals surface area contributed by atoms with Gasteiger partial charge in [-0.15, -0.1) is 12.6 Å². The minimum atomic E-state index is 0.566. The number of hydrogen-bond acceptors (Lipinski definition) is 3. The van der Waals surface area contributed by atoms with Gasteiger partial charge < -0.3 is 9.47 Å². The van der Waals surface area contributed by atoms with Crippen molar-refractivity contribution in [2.75, 3.05) is 14.2 Å². The molecule has 0 aliphatic rings. The first-order chi connectivity index (χ1) is 5.77. The number of ether oxygens (including phenoxy) is 2. The van der Waals surface area contributed by atoms with Gasteiger partial charge in [0, 0.05) is 12.0 Å². The van der Waals surface area contributed by atoms with Crippen LogP contribution in [-0.2, 0) is 11.3 Å². The van der Waals surface area contributed by atoms with Crippen LogP contribution in [0.25, 0.3) is 0 Å². The maximum absolute atomic E-state index is 5.07. The Morgan fingerprint density at radius 1 is 1.33 bits per heavy atom. The van der Waals surface area contributed by atoms with E-state index in [1.54, 1.807) is 14.2 Å². The van der Waals surface area contributed by atoms with Gasteiger partial charge in [-0.25, -0.2) is 0 Å². The third-order valence-corrected chi connectivity index (χ3v) is 2.02. The molecule has 0 saturated carbocycles. The van der Waals surface area contributed by atoms with Gasteiger partial charge in [-0.1, -0.05) is 0 Å². The van der Waals surface area contributed by atoms with E-state index in [1.807, 2.05) is 18.2 Å². The van der Waals surface area contributed by atoms with E-state index in [4.69, 9.17) is 9.47 Å². The molecule has 0 atom stereocenters. The summed E-state index contributed by atoms with van der Waals surface area (Å²) in [5.41, 5.74) is 1.04. The fraction of sp³-hybridized carbons (Fsp3) is 0.333. The van der Waals surface area contributed by atoms with Crippen molar-refractivity contribution in [2.45, 2.75) is 11.5 Å². The first-order valence-corrected chi connectivity index (χ1v) is 4.07. The molecule has 2 nitrogen and oxygen atoms in total. The Balaban J connectivity index is 2.91. The van der Waals surface area contributed by atoms with Gasteiger partial charge in [0.1, 0.15) is 5.75 Å². The highest BCUT2D eigenvalue weighted by Gasteiger charge is 1.99. The lowest BCUT2D eigenvalue weighted by Crippen LogP contribution is -1.91. The van der Waals surface area contributed by atoms with Crippen molar-refractivity contribution in [3.63, 3.8) is 0 Å².